The van der Waals surface area contributed by atoms with Gasteiger partial charge >= 0.3 is 0 Å². The first-order valence-electron chi connectivity index (χ1n) is 5.38. The van der Waals surface area contributed by atoms with Crippen molar-refractivity contribution in [3.05, 3.63) is 16.4 Å². The minimum Gasteiger partial charge on any atom is -0.377 e. The third kappa shape index (κ3) is 2.83. The molecule has 0 aliphatic rings. The lowest BCUT2D eigenvalue weighted by atomic mass is 10.2. The van der Waals surface area contributed by atoms with Gasteiger partial charge in [0.1, 0.15) is 6.61 Å². The molecule has 1 aromatic rings. The van der Waals surface area contributed by atoms with E-state index in [9.17, 15) is 4.79 Å². The lowest BCUT2D eigenvalue weighted by Crippen LogP contribution is -2.13. The van der Waals surface area contributed by atoms with Gasteiger partial charge in [-0.15, -0.1) is 0 Å². The number of methoxy groups -OCH3 is 1. The number of halogens is 1. The van der Waals surface area contributed by atoms with Gasteiger partial charge in [-0.3, -0.25) is 9.48 Å². The van der Waals surface area contributed by atoms with E-state index in [0.29, 0.717) is 5.02 Å². The van der Waals surface area contributed by atoms with Crippen LogP contribution < -0.4 is 0 Å². The Morgan fingerprint density at radius 1 is 1.50 bits per heavy atom. The Morgan fingerprint density at radius 2 is 2.19 bits per heavy atom. The third-order valence-corrected chi connectivity index (χ3v) is 2.80. The highest BCUT2D eigenvalue weighted by molar-refractivity contribution is 6.32. The van der Waals surface area contributed by atoms with Gasteiger partial charge < -0.3 is 4.74 Å². The van der Waals surface area contributed by atoms with Crippen molar-refractivity contribution in [3.63, 3.8) is 0 Å². The highest BCUT2D eigenvalue weighted by Crippen LogP contribution is 2.22. The van der Waals surface area contributed by atoms with E-state index in [1.807, 2.05) is 13.8 Å². The molecule has 4 nitrogen and oxygen atoms in total. The second kappa shape index (κ2) is 6.01. The Labute approximate surface area is 101 Å². The standard InChI is InChI=1S/C11H17ClN2O2/c1-4-9-11(12)10(14(5-2)13-9)6-8(15)7-16-3/h4-7H2,1-3H3. The monoisotopic (exact) mass is 244 g/mol. The zero-order chi connectivity index (χ0) is 12.1. The summed E-state index contributed by atoms with van der Waals surface area (Å²) in [4.78, 5) is 11.5. The fraction of sp³-hybridized carbons (Fsp3) is 0.636. The molecule has 0 amide bonds. The van der Waals surface area contributed by atoms with Crippen molar-refractivity contribution in [2.75, 3.05) is 13.7 Å². The summed E-state index contributed by atoms with van der Waals surface area (Å²) in [6.45, 7) is 4.81. The summed E-state index contributed by atoms with van der Waals surface area (Å²) in [6, 6.07) is 0. The Morgan fingerprint density at radius 3 is 2.69 bits per heavy atom. The van der Waals surface area contributed by atoms with Crippen molar-refractivity contribution in [2.45, 2.75) is 33.2 Å². The largest absolute Gasteiger partial charge is 0.377 e. The van der Waals surface area contributed by atoms with Crippen LogP contribution in [0.4, 0.5) is 0 Å². The van der Waals surface area contributed by atoms with E-state index in [4.69, 9.17) is 16.3 Å². The molecule has 0 N–H and O–H groups in total. The number of rotatable bonds is 6. The number of ketones is 1. The number of aryl methyl sites for hydroxylation is 2. The Balaban J connectivity index is 2.93. The smallest absolute Gasteiger partial charge is 0.164 e. The Hall–Kier alpha value is -0.870. The SMILES string of the molecule is CCc1nn(CC)c(CC(=O)COC)c1Cl. The number of carbonyl (C=O) groups is 1. The van der Waals surface area contributed by atoms with Crippen LogP contribution in [0, 0.1) is 0 Å². The first kappa shape index (κ1) is 13.2. The number of aromatic nitrogens is 2. The van der Waals surface area contributed by atoms with Crippen LogP contribution in [0.5, 0.6) is 0 Å². The van der Waals surface area contributed by atoms with Crippen LogP contribution in [-0.4, -0.2) is 29.3 Å². The van der Waals surface area contributed by atoms with E-state index in [1.54, 1.807) is 4.68 Å². The molecule has 0 aliphatic heterocycles. The van der Waals surface area contributed by atoms with E-state index < -0.39 is 0 Å². The van der Waals surface area contributed by atoms with E-state index in [0.717, 1.165) is 24.4 Å². The molecule has 0 atom stereocenters. The summed E-state index contributed by atoms with van der Waals surface area (Å²) in [5.74, 6) is 0.0154. The minimum absolute atomic E-state index is 0.0154. The fourth-order valence-corrected chi connectivity index (χ4v) is 1.92. The third-order valence-electron chi connectivity index (χ3n) is 2.36. The summed E-state index contributed by atoms with van der Waals surface area (Å²) in [5, 5.41) is 4.97. The van der Waals surface area contributed by atoms with Crippen LogP contribution in [0.3, 0.4) is 0 Å². The lowest BCUT2D eigenvalue weighted by molar-refractivity contribution is -0.122. The van der Waals surface area contributed by atoms with Crippen molar-refractivity contribution >= 4 is 17.4 Å². The van der Waals surface area contributed by atoms with Crippen LogP contribution in [-0.2, 0) is 28.9 Å². The molecule has 5 heteroatoms. The number of nitrogens with zero attached hydrogens (tertiary/aromatic N) is 2. The van der Waals surface area contributed by atoms with Gasteiger partial charge in [0.25, 0.3) is 0 Å². The maximum atomic E-state index is 11.5. The molecule has 0 saturated heterocycles. The molecule has 1 rings (SSSR count). The molecule has 90 valence electrons. The van der Waals surface area contributed by atoms with Gasteiger partial charge in [0.15, 0.2) is 5.78 Å². The van der Waals surface area contributed by atoms with Crippen LogP contribution in [0.2, 0.25) is 5.02 Å². The van der Waals surface area contributed by atoms with Crippen molar-refractivity contribution < 1.29 is 9.53 Å². The maximum absolute atomic E-state index is 11.5. The first-order chi connectivity index (χ1) is 7.63. The molecule has 0 spiro atoms. The van der Waals surface area contributed by atoms with Crippen LogP contribution in [0.1, 0.15) is 25.2 Å². The predicted octanol–water partition coefficient (Wildman–Crippen LogP) is 1.88. The Kier molecular flexibility index (Phi) is 4.96. The number of Topliss-reactive ketones (excluding diaryl/α,β-unsaturated/α-hetero) is 1. The molecule has 1 heterocycles. The lowest BCUT2D eigenvalue weighted by Gasteiger charge is -2.04. The second-order valence-electron chi connectivity index (χ2n) is 3.53. The van der Waals surface area contributed by atoms with Gasteiger partial charge in [0, 0.05) is 13.7 Å². The number of hydrogen-bond donors (Lipinski definition) is 0. The quantitative estimate of drug-likeness (QED) is 0.768. The zero-order valence-electron chi connectivity index (χ0n) is 9.92. The van der Waals surface area contributed by atoms with E-state index >= 15 is 0 Å². The highest BCUT2D eigenvalue weighted by atomic mass is 35.5. The van der Waals surface area contributed by atoms with Crippen molar-refractivity contribution in [3.8, 4) is 0 Å². The predicted molar refractivity (Wildman–Crippen MR) is 62.9 cm³/mol. The maximum Gasteiger partial charge on any atom is 0.164 e. The summed E-state index contributed by atoms with van der Waals surface area (Å²) in [6.07, 6.45) is 1.06. The number of carbonyl (C=O) groups excluding carboxylic acids is 1. The molecule has 0 bridgehead atoms. The zero-order valence-corrected chi connectivity index (χ0v) is 10.7. The van der Waals surface area contributed by atoms with Gasteiger partial charge in [0.05, 0.1) is 22.8 Å². The first-order valence-corrected chi connectivity index (χ1v) is 5.76. The van der Waals surface area contributed by atoms with Gasteiger partial charge in [-0.25, -0.2) is 0 Å². The van der Waals surface area contributed by atoms with Crippen molar-refractivity contribution in [2.24, 2.45) is 0 Å². The molecule has 0 unspecified atom stereocenters. The van der Waals surface area contributed by atoms with Crippen LogP contribution >= 0.6 is 11.6 Å². The second-order valence-corrected chi connectivity index (χ2v) is 3.90. The molecule has 16 heavy (non-hydrogen) atoms. The average Bonchev–Trinajstić information content (AvgIpc) is 2.56. The minimum atomic E-state index is 0.0154. The molecule has 0 saturated carbocycles. The van der Waals surface area contributed by atoms with E-state index in [2.05, 4.69) is 5.10 Å². The molecular weight excluding hydrogens is 228 g/mol. The van der Waals surface area contributed by atoms with Crippen molar-refractivity contribution in [1.29, 1.82) is 0 Å². The molecule has 0 aromatic carbocycles. The van der Waals surface area contributed by atoms with Crippen LogP contribution in [0.15, 0.2) is 0 Å². The van der Waals surface area contributed by atoms with E-state index in [-0.39, 0.29) is 18.8 Å². The molecule has 0 fully saturated rings. The molecule has 0 aliphatic carbocycles. The number of ether oxygens (including phenoxy) is 1. The van der Waals surface area contributed by atoms with Gasteiger partial charge in [-0.2, -0.15) is 5.10 Å². The normalized spacial score (nSPS) is 10.8. The fourth-order valence-electron chi connectivity index (χ4n) is 1.58. The van der Waals surface area contributed by atoms with E-state index in [1.165, 1.54) is 7.11 Å². The van der Waals surface area contributed by atoms with Gasteiger partial charge in [-0.1, -0.05) is 18.5 Å². The average molecular weight is 245 g/mol. The number of hydrogen-bond acceptors (Lipinski definition) is 3. The summed E-state index contributed by atoms with van der Waals surface area (Å²) >= 11 is 6.18. The van der Waals surface area contributed by atoms with Crippen LogP contribution in [0.25, 0.3) is 0 Å². The topological polar surface area (TPSA) is 44.1 Å². The molecular formula is C11H17ClN2O2. The summed E-state index contributed by atoms with van der Waals surface area (Å²) in [7, 11) is 1.51. The van der Waals surface area contributed by atoms with Gasteiger partial charge in [0.2, 0.25) is 0 Å². The Bertz CT molecular complexity index is 374. The highest BCUT2D eigenvalue weighted by Gasteiger charge is 2.16. The van der Waals surface area contributed by atoms with Crippen molar-refractivity contribution in [1.82, 2.24) is 9.78 Å². The molecule has 0 radical (unpaired) electrons. The van der Waals surface area contributed by atoms with Gasteiger partial charge in [-0.05, 0) is 13.3 Å². The summed E-state index contributed by atoms with van der Waals surface area (Å²) < 4.78 is 6.59. The summed E-state index contributed by atoms with van der Waals surface area (Å²) in [5.41, 5.74) is 1.65. The molecule has 1 aromatic heterocycles.